The molecule has 0 atom stereocenters. The number of benzene rings is 9. The maximum Gasteiger partial charge on any atom is 0.138 e. The topological polar surface area (TPSA) is 16.4 Å². The third-order valence-electron chi connectivity index (χ3n) is 10.2. The Morgan fingerprint density at radius 2 is 0.827 bits per heavy atom. The highest BCUT2D eigenvalue weighted by molar-refractivity contribution is 6.15. The standard InChI is InChI=1S/C50H33NO/c1-3-13-34(14-4-1)35-23-27-39(28-24-35)51(41-32-47(36-15-5-2-6-16-36)50-45-21-11-12-22-48(45)52-49(50)33-41)40-29-25-37(26-30-40)46-31-38-17-7-8-18-42(38)43-19-9-10-20-44(43)46/h1-33H. The minimum atomic E-state index is 0.864. The summed E-state index contributed by atoms with van der Waals surface area (Å²) in [4.78, 5) is 2.34. The summed E-state index contributed by atoms with van der Waals surface area (Å²) < 4.78 is 6.58. The van der Waals surface area contributed by atoms with Crippen LogP contribution in [-0.4, -0.2) is 0 Å². The van der Waals surface area contributed by atoms with Gasteiger partial charge in [-0.3, -0.25) is 0 Å². The maximum atomic E-state index is 6.58. The van der Waals surface area contributed by atoms with E-state index in [0.29, 0.717) is 0 Å². The molecule has 0 spiro atoms. The van der Waals surface area contributed by atoms with Crippen molar-refractivity contribution >= 4 is 60.5 Å². The Morgan fingerprint density at radius 3 is 1.54 bits per heavy atom. The molecule has 0 bridgehead atoms. The fourth-order valence-electron chi connectivity index (χ4n) is 7.78. The molecule has 0 saturated heterocycles. The van der Waals surface area contributed by atoms with E-state index in [1.165, 1.54) is 43.8 Å². The predicted molar refractivity (Wildman–Crippen MR) is 220 cm³/mol. The summed E-state index contributed by atoms with van der Waals surface area (Å²) in [6, 6.07) is 71.6. The highest BCUT2D eigenvalue weighted by Gasteiger charge is 2.20. The Labute approximate surface area is 302 Å². The van der Waals surface area contributed by atoms with E-state index >= 15 is 0 Å². The van der Waals surface area contributed by atoms with Crippen LogP contribution in [0.5, 0.6) is 0 Å². The first-order valence-electron chi connectivity index (χ1n) is 17.8. The van der Waals surface area contributed by atoms with Crippen LogP contribution >= 0.6 is 0 Å². The van der Waals surface area contributed by atoms with Crippen molar-refractivity contribution in [2.75, 3.05) is 4.90 Å². The van der Waals surface area contributed by atoms with Crippen molar-refractivity contribution in [1.82, 2.24) is 0 Å². The van der Waals surface area contributed by atoms with Gasteiger partial charge in [0, 0.05) is 28.2 Å². The van der Waals surface area contributed by atoms with Gasteiger partial charge in [-0.2, -0.15) is 0 Å². The van der Waals surface area contributed by atoms with E-state index in [1.54, 1.807) is 0 Å². The Balaban J connectivity index is 1.16. The first-order chi connectivity index (χ1) is 25.8. The Hall–Kier alpha value is -6.90. The molecule has 52 heavy (non-hydrogen) atoms. The molecule has 0 N–H and O–H groups in total. The lowest BCUT2D eigenvalue weighted by Gasteiger charge is -2.27. The van der Waals surface area contributed by atoms with Crippen LogP contribution in [0, 0.1) is 0 Å². The number of furan rings is 1. The maximum absolute atomic E-state index is 6.58. The predicted octanol–water partition coefficient (Wildman–Crippen LogP) is 14.4. The van der Waals surface area contributed by atoms with E-state index < -0.39 is 0 Å². The summed E-state index contributed by atoms with van der Waals surface area (Å²) in [6.45, 7) is 0. The number of hydrogen-bond donors (Lipinski definition) is 0. The molecule has 244 valence electrons. The third kappa shape index (κ3) is 5.12. The van der Waals surface area contributed by atoms with Gasteiger partial charge in [0.05, 0.1) is 5.69 Å². The first kappa shape index (κ1) is 30.0. The fourth-order valence-corrected chi connectivity index (χ4v) is 7.78. The molecule has 10 aromatic rings. The smallest absolute Gasteiger partial charge is 0.138 e. The molecule has 0 radical (unpaired) electrons. The highest BCUT2D eigenvalue weighted by atomic mass is 16.3. The monoisotopic (exact) mass is 663 g/mol. The molecule has 0 saturated carbocycles. The molecule has 0 aliphatic carbocycles. The number of anilines is 3. The molecule has 0 aliphatic rings. The molecule has 9 aromatic carbocycles. The average molecular weight is 664 g/mol. The van der Waals surface area contributed by atoms with Crippen LogP contribution < -0.4 is 4.90 Å². The Morgan fingerprint density at radius 1 is 0.308 bits per heavy atom. The normalized spacial score (nSPS) is 11.5. The molecule has 2 heteroatoms. The van der Waals surface area contributed by atoms with Crippen LogP contribution in [0.2, 0.25) is 0 Å². The second-order valence-corrected chi connectivity index (χ2v) is 13.3. The van der Waals surface area contributed by atoms with Gasteiger partial charge >= 0.3 is 0 Å². The van der Waals surface area contributed by atoms with Gasteiger partial charge in [-0.25, -0.2) is 0 Å². The van der Waals surface area contributed by atoms with Gasteiger partial charge in [0.25, 0.3) is 0 Å². The van der Waals surface area contributed by atoms with Gasteiger partial charge in [0.1, 0.15) is 11.2 Å². The van der Waals surface area contributed by atoms with Crippen LogP contribution in [0.1, 0.15) is 0 Å². The van der Waals surface area contributed by atoms with Gasteiger partial charge in [0.15, 0.2) is 0 Å². The van der Waals surface area contributed by atoms with Crippen molar-refractivity contribution in [2.45, 2.75) is 0 Å². The molecule has 1 aromatic heterocycles. The lowest BCUT2D eigenvalue weighted by molar-refractivity contribution is 0.669. The Kier molecular flexibility index (Phi) is 7.18. The summed E-state index contributed by atoms with van der Waals surface area (Å²) in [5.41, 5.74) is 12.0. The van der Waals surface area contributed by atoms with Crippen molar-refractivity contribution in [2.24, 2.45) is 0 Å². The van der Waals surface area contributed by atoms with Crippen molar-refractivity contribution in [3.63, 3.8) is 0 Å². The molecule has 1 heterocycles. The summed E-state index contributed by atoms with van der Waals surface area (Å²) in [7, 11) is 0. The molecular formula is C50H33NO. The van der Waals surface area contributed by atoms with Gasteiger partial charge < -0.3 is 9.32 Å². The zero-order chi connectivity index (χ0) is 34.4. The van der Waals surface area contributed by atoms with Gasteiger partial charge in [0.2, 0.25) is 0 Å². The highest BCUT2D eigenvalue weighted by Crippen LogP contribution is 2.44. The SMILES string of the molecule is c1ccc(-c2ccc(N(c3ccc(-c4cc5ccccc5c5ccccc45)cc3)c3cc(-c4ccccc4)c4c(c3)oc3ccccc34)cc2)cc1. The fraction of sp³-hybridized carbons (Fsp3) is 0. The van der Waals surface area contributed by atoms with Crippen LogP contribution in [0.4, 0.5) is 17.1 Å². The van der Waals surface area contributed by atoms with Gasteiger partial charge in [-0.15, -0.1) is 0 Å². The van der Waals surface area contributed by atoms with E-state index in [0.717, 1.165) is 50.1 Å². The van der Waals surface area contributed by atoms with E-state index in [2.05, 4.69) is 199 Å². The lowest BCUT2D eigenvalue weighted by atomic mass is 9.93. The molecule has 0 fully saturated rings. The summed E-state index contributed by atoms with van der Waals surface area (Å²) in [5, 5.41) is 7.29. The second kappa shape index (κ2) is 12.5. The largest absolute Gasteiger partial charge is 0.456 e. The van der Waals surface area contributed by atoms with Crippen LogP contribution in [0.15, 0.2) is 205 Å². The van der Waals surface area contributed by atoms with E-state index in [9.17, 15) is 0 Å². The molecule has 10 rings (SSSR count). The van der Waals surface area contributed by atoms with Crippen LogP contribution in [0.25, 0.3) is 76.9 Å². The van der Waals surface area contributed by atoms with E-state index in [4.69, 9.17) is 4.42 Å². The summed E-state index contributed by atoms with van der Waals surface area (Å²) in [5.74, 6) is 0. The number of para-hydroxylation sites is 1. The molecule has 0 unspecified atom stereocenters. The Bertz CT molecular complexity index is 2870. The lowest BCUT2D eigenvalue weighted by Crippen LogP contribution is -2.10. The van der Waals surface area contributed by atoms with Gasteiger partial charge in [-0.05, 0) is 97.4 Å². The van der Waals surface area contributed by atoms with Crippen molar-refractivity contribution in [3.05, 3.63) is 200 Å². The summed E-state index contributed by atoms with van der Waals surface area (Å²) >= 11 is 0. The molecule has 0 aliphatic heterocycles. The minimum absolute atomic E-state index is 0.864. The van der Waals surface area contributed by atoms with E-state index in [-0.39, 0.29) is 0 Å². The zero-order valence-electron chi connectivity index (χ0n) is 28.4. The zero-order valence-corrected chi connectivity index (χ0v) is 28.4. The second-order valence-electron chi connectivity index (χ2n) is 13.3. The molecular weight excluding hydrogens is 631 g/mol. The third-order valence-corrected chi connectivity index (χ3v) is 10.2. The first-order valence-corrected chi connectivity index (χ1v) is 17.8. The average Bonchev–Trinajstić information content (AvgIpc) is 3.60. The minimum Gasteiger partial charge on any atom is -0.456 e. The van der Waals surface area contributed by atoms with Crippen molar-refractivity contribution in [1.29, 1.82) is 0 Å². The number of rotatable bonds is 6. The molecule has 0 amide bonds. The van der Waals surface area contributed by atoms with Crippen LogP contribution in [0.3, 0.4) is 0 Å². The molecule has 2 nitrogen and oxygen atoms in total. The quantitative estimate of drug-likeness (QED) is 0.165. The van der Waals surface area contributed by atoms with Crippen LogP contribution in [-0.2, 0) is 0 Å². The van der Waals surface area contributed by atoms with Gasteiger partial charge in [-0.1, -0.05) is 152 Å². The number of nitrogens with zero attached hydrogens (tertiary/aromatic N) is 1. The number of hydrogen-bond acceptors (Lipinski definition) is 2. The number of fused-ring (bicyclic) bond motifs is 6. The van der Waals surface area contributed by atoms with Crippen molar-refractivity contribution in [3.8, 4) is 33.4 Å². The summed E-state index contributed by atoms with van der Waals surface area (Å²) in [6.07, 6.45) is 0. The van der Waals surface area contributed by atoms with Crippen molar-refractivity contribution < 1.29 is 4.42 Å². The van der Waals surface area contributed by atoms with E-state index in [1.807, 2.05) is 6.07 Å².